The average molecular weight is 397 g/mol. The van der Waals surface area contributed by atoms with Crippen LogP contribution in [0, 0.1) is 6.92 Å². The Morgan fingerprint density at radius 3 is 2.43 bits per heavy atom. The van der Waals surface area contributed by atoms with Gasteiger partial charge in [0, 0.05) is 19.2 Å². The third-order valence-electron chi connectivity index (χ3n) is 4.00. The molecule has 2 heterocycles. The largest absolute Gasteiger partial charge is 0.459 e. The third-order valence-corrected chi connectivity index (χ3v) is 5.15. The molecule has 0 radical (unpaired) electrons. The van der Waals surface area contributed by atoms with Crippen molar-refractivity contribution < 1.29 is 18.8 Å². The summed E-state index contributed by atoms with van der Waals surface area (Å²) in [6.45, 7) is 2.14. The fourth-order valence-corrected chi connectivity index (χ4v) is 3.52. The minimum atomic E-state index is -0.366. The lowest BCUT2D eigenvalue weighted by Gasteiger charge is -2.06. The number of amides is 3. The number of benzene rings is 1. The first-order valence-corrected chi connectivity index (χ1v) is 9.34. The molecule has 144 valence electrons. The second kappa shape index (κ2) is 8.53. The molecule has 0 saturated carbocycles. The van der Waals surface area contributed by atoms with Crippen molar-refractivity contribution in [2.24, 2.45) is 0 Å². The molecule has 1 aromatic carbocycles. The van der Waals surface area contributed by atoms with Crippen molar-refractivity contribution in [2.75, 3.05) is 12.4 Å². The Morgan fingerprint density at radius 1 is 1.04 bits per heavy atom. The molecule has 0 aliphatic rings. The molecule has 0 atom stereocenters. The van der Waals surface area contributed by atoms with Crippen LogP contribution in [0.25, 0.3) is 0 Å². The Hall–Kier alpha value is -3.39. The first kappa shape index (κ1) is 19.4. The van der Waals surface area contributed by atoms with Gasteiger partial charge in [0.2, 0.25) is 0 Å². The molecule has 0 aliphatic heterocycles. The van der Waals surface area contributed by atoms with Crippen LogP contribution in [0.15, 0.2) is 53.1 Å². The lowest BCUT2D eigenvalue weighted by Crippen LogP contribution is -2.22. The van der Waals surface area contributed by atoms with Crippen LogP contribution in [-0.4, -0.2) is 24.8 Å². The van der Waals surface area contributed by atoms with Crippen LogP contribution >= 0.6 is 11.3 Å². The third kappa shape index (κ3) is 4.47. The van der Waals surface area contributed by atoms with Crippen molar-refractivity contribution in [3.05, 3.63) is 76.1 Å². The van der Waals surface area contributed by atoms with Gasteiger partial charge in [0.05, 0.1) is 16.1 Å². The van der Waals surface area contributed by atoms with Crippen LogP contribution in [0.4, 0.5) is 5.00 Å². The molecule has 3 N–H and O–H groups in total. The molecule has 0 spiro atoms. The van der Waals surface area contributed by atoms with Crippen LogP contribution < -0.4 is 16.0 Å². The summed E-state index contributed by atoms with van der Waals surface area (Å²) >= 11 is 1.20. The summed E-state index contributed by atoms with van der Waals surface area (Å²) in [5.74, 6) is -0.544. The number of nitrogens with one attached hydrogen (secondary N) is 3. The summed E-state index contributed by atoms with van der Waals surface area (Å²) < 4.78 is 5.06. The van der Waals surface area contributed by atoms with Crippen molar-refractivity contribution >= 4 is 34.1 Å². The first-order valence-electron chi connectivity index (χ1n) is 8.52. The van der Waals surface area contributed by atoms with Gasteiger partial charge in [-0.05, 0) is 48.4 Å². The van der Waals surface area contributed by atoms with E-state index in [4.69, 9.17) is 4.42 Å². The smallest absolute Gasteiger partial charge is 0.291 e. The maximum atomic E-state index is 12.5. The molecular formula is C20H19N3O4S. The van der Waals surface area contributed by atoms with E-state index in [1.807, 2.05) is 6.92 Å². The summed E-state index contributed by atoms with van der Waals surface area (Å²) in [5, 5.41) is 8.71. The van der Waals surface area contributed by atoms with Crippen molar-refractivity contribution in [2.45, 2.75) is 13.5 Å². The summed E-state index contributed by atoms with van der Waals surface area (Å²) in [4.78, 5) is 36.6. The number of thiophene rings is 1. The number of carbonyl (C=O) groups is 3. The van der Waals surface area contributed by atoms with Crippen LogP contribution in [0.5, 0.6) is 0 Å². The van der Waals surface area contributed by atoms with E-state index in [2.05, 4.69) is 16.0 Å². The van der Waals surface area contributed by atoms with Gasteiger partial charge in [0.25, 0.3) is 17.7 Å². The van der Waals surface area contributed by atoms with E-state index < -0.39 is 0 Å². The van der Waals surface area contributed by atoms with Gasteiger partial charge >= 0.3 is 0 Å². The van der Waals surface area contributed by atoms with Crippen molar-refractivity contribution in [1.29, 1.82) is 0 Å². The lowest BCUT2D eigenvalue weighted by molar-refractivity contribution is 0.0948. The number of aryl methyl sites for hydroxylation is 1. The molecule has 0 unspecified atom stereocenters. The minimum Gasteiger partial charge on any atom is -0.459 e. The molecule has 0 saturated heterocycles. The quantitative estimate of drug-likeness (QED) is 0.595. The highest BCUT2D eigenvalue weighted by molar-refractivity contribution is 7.18. The molecule has 3 rings (SSSR count). The maximum absolute atomic E-state index is 12.5. The molecule has 3 amide bonds. The minimum absolute atomic E-state index is 0.158. The van der Waals surface area contributed by atoms with Gasteiger partial charge in [-0.3, -0.25) is 14.4 Å². The van der Waals surface area contributed by atoms with E-state index in [9.17, 15) is 14.4 Å². The normalized spacial score (nSPS) is 10.4. The SMILES string of the molecule is CNC(=O)c1ccc(CNC(=O)c2sc(NC(=O)c3ccco3)cc2C)cc1. The molecule has 7 nitrogen and oxygen atoms in total. The van der Waals surface area contributed by atoms with E-state index in [0.29, 0.717) is 22.0 Å². The Kier molecular flexibility index (Phi) is 5.90. The van der Waals surface area contributed by atoms with Crippen molar-refractivity contribution in [3.8, 4) is 0 Å². The van der Waals surface area contributed by atoms with Crippen LogP contribution in [0.2, 0.25) is 0 Å². The van der Waals surface area contributed by atoms with Crippen LogP contribution in [0.1, 0.15) is 41.7 Å². The standard InChI is InChI=1S/C20H19N3O4S/c1-12-10-16(23-19(25)15-4-3-9-27-15)28-17(12)20(26)22-11-13-5-7-14(8-6-13)18(24)21-2/h3-10H,11H2,1-2H3,(H,21,24)(H,22,26)(H,23,25). The summed E-state index contributed by atoms with van der Waals surface area (Å²) in [5.41, 5.74) is 2.21. The predicted molar refractivity (Wildman–Crippen MR) is 107 cm³/mol. The van der Waals surface area contributed by atoms with Gasteiger partial charge in [-0.2, -0.15) is 0 Å². The predicted octanol–water partition coefficient (Wildman–Crippen LogP) is 3.19. The molecule has 0 aliphatic carbocycles. The van der Waals surface area contributed by atoms with E-state index >= 15 is 0 Å². The fourth-order valence-electron chi connectivity index (χ4n) is 2.53. The Bertz CT molecular complexity index is 991. The van der Waals surface area contributed by atoms with Crippen LogP contribution in [-0.2, 0) is 6.54 Å². The Labute approximate surface area is 165 Å². The molecule has 2 aromatic heterocycles. The van der Waals surface area contributed by atoms with E-state index in [1.54, 1.807) is 49.5 Å². The number of carbonyl (C=O) groups excluding carboxylic acids is 3. The van der Waals surface area contributed by atoms with E-state index in [1.165, 1.54) is 17.6 Å². The number of rotatable bonds is 6. The van der Waals surface area contributed by atoms with Gasteiger partial charge in [-0.1, -0.05) is 12.1 Å². The van der Waals surface area contributed by atoms with Crippen molar-refractivity contribution in [1.82, 2.24) is 10.6 Å². The fraction of sp³-hybridized carbons (Fsp3) is 0.150. The number of hydrogen-bond donors (Lipinski definition) is 3. The second-order valence-electron chi connectivity index (χ2n) is 6.01. The van der Waals surface area contributed by atoms with Gasteiger partial charge < -0.3 is 20.4 Å². The van der Waals surface area contributed by atoms with Gasteiger partial charge in [0.1, 0.15) is 0 Å². The molecule has 0 fully saturated rings. The highest BCUT2D eigenvalue weighted by Crippen LogP contribution is 2.27. The molecule has 28 heavy (non-hydrogen) atoms. The Balaban J connectivity index is 1.60. The zero-order chi connectivity index (χ0) is 20.1. The topological polar surface area (TPSA) is 100 Å². The number of furan rings is 1. The molecular weight excluding hydrogens is 378 g/mol. The Morgan fingerprint density at radius 2 is 1.79 bits per heavy atom. The number of anilines is 1. The average Bonchev–Trinajstić information content (AvgIpc) is 3.36. The monoisotopic (exact) mass is 397 g/mol. The first-order chi connectivity index (χ1) is 13.5. The number of hydrogen-bond acceptors (Lipinski definition) is 5. The molecule has 0 bridgehead atoms. The van der Waals surface area contributed by atoms with Crippen LogP contribution in [0.3, 0.4) is 0 Å². The van der Waals surface area contributed by atoms with E-state index in [0.717, 1.165) is 11.1 Å². The second-order valence-corrected chi connectivity index (χ2v) is 7.07. The van der Waals surface area contributed by atoms with E-state index in [-0.39, 0.29) is 23.5 Å². The molecule has 8 heteroatoms. The van der Waals surface area contributed by atoms with Gasteiger partial charge in [-0.15, -0.1) is 11.3 Å². The summed E-state index contributed by atoms with van der Waals surface area (Å²) in [6.07, 6.45) is 1.43. The molecule has 3 aromatic rings. The zero-order valence-corrected chi connectivity index (χ0v) is 16.2. The van der Waals surface area contributed by atoms with Gasteiger partial charge in [-0.25, -0.2) is 0 Å². The summed E-state index contributed by atoms with van der Waals surface area (Å²) in [7, 11) is 1.57. The maximum Gasteiger partial charge on any atom is 0.291 e. The highest BCUT2D eigenvalue weighted by atomic mass is 32.1. The van der Waals surface area contributed by atoms with Gasteiger partial charge in [0.15, 0.2) is 5.76 Å². The highest BCUT2D eigenvalue weighted by Gasteiger charge is 2.16. The van der Waals surface area contributed by atoms with Crippen molar-refractivity contribution in [3.63, 3.8) is 0 Å². The zero-order valence-electron chi connectivity index (χ0n) is 15.4. The lowest BCUT2D eigenvalue weighted by atomic mass is 10.1. The summed E-state index contributed by atoms with van der Waals surface area (Å²) in [6, 6.07) is 12.0.